The Morgan fingerprint density at radius 2 is 1.85 bits per heavy atom. The van der Waals surface area contributed by atoms with Crippen LogP contribution in [0.1, 0.15) is 51.5 Å². The number of halogens is 2. The Morgan fingerprint density at radius 3 is 2.45 bits per heavy atom. The fraction of sp³-hybridized carbons (Fsp3) is 0.647. The second kappa shape index (κ2) is 7.15. The minimum Gasteiger partial charge on any atom is -0.313 e. The monoisotopic (exact) mass is 313 g/mol. The molecular weight excluding hydrogens is 289 g/mol. The number of benzene rings is 1. The first-order chi connectivity index (χ1) is 9.55. The van der Waals surface area contributed by atoms with Gasteiger partial charge in [0.1, 0.15) is 0 Å². The average Bonchev–Trinajstić information content (AvgIpc) is 2.43. The Hall–Kier alpha value is -0.240. The van der Waals surface area contributed by atoms with Crippen LogP contribution in [-0.2, 0) is 6.42 Å². The molecule has 1 N–H and O–H groups in total. The van der Waals surface area contributed by atoms with E-state index in [4.69, 9.17) is 23.2 Å². The Kier molecular flexibility index (Phi) is 5.77. The third-order valence-electron chi connectivity index (χ3n) is 4.71. The molecule has 1 aliphatic carbocycles. The van der Waals surface area contributed by atoms with Gasteiger partial charge in [0.25, 0.3) is 0 Å². The zero-order valence-corrected chi connectivity index (χ0v) is 14.0. The maximum atomic E-state index is 6.14. The minimum atomic E-state index is 0.403. The van der Waals surface area contributed by atoms with Gasteiger partial charge in [-0.1, -0.05) is 62.4 Å². The largest absolute Gasteiger partial charge is 0.313 e. The topological polar surface area (TPSA) is 12.0 Å². The highest BCUT2D eigenvalue weighted by Crippen LogP contribution is 2.40. The van der Waals surface area contributed by atoms with E-state index in [1.807, 2.05) is 12.1 Å². The van der Waals surface area contributed by atoms with Gasteiger partial charge in [-0.3, -0.25) is 0 Å². The molecule has 0 bridgehead atoms. The van der Waals surface area contributed by atoms with E-state index in [1.54, 1.807) is 0 Å². The number of nitrogens with one attached hydrogen (secondary N) is 1. The molecule has 1 aliphatic rings. The van der Waals surface area contributed by atoms with Crippen molar-refractivity contribution in [1.29, 1.82) is 0 Å². The molecule has 0 aliphatic heterocycles. The quantitative estimate of drug-likeness (QED) is 0.758. The Morgan fingerprint density at radius 1 is 1.15 bits per heavy atom. The summed E-state index contributed by atoms with van der Waals surface area (Å²) in [6.07, 6.45) is 7.79. The average molecular weight is 314 g/mol. The highest BCUT2D eigenvalue weighted by Gasteiger charge is 2.34. The van der Waals surface area contributed by atoms with Gasteiger partial charge in [-0.25, -0.2) is 0 Å². The van der Waals surface area contributed by atoms with E-state index in [9.17, 15) is 0 Å². The van der Waals surface area contributed by atoms with Crippen molar-refractivity contribution in [2.75, 3.05) is 6.54 Å². The van der Waals surface area contributed by atoms with Crippen LogP contribution in [-0.4, -0.2) is 12.6 Å². The van der Waals surface area contributed by atoms with Crippen molar-refractivity contribution in [3.05, 3.63) is 33.8 Å². The van der Waals surface area contributed by atoms with Crippen LogP contribution < -0.4 is 5.32 Å². The van der Waals surface area contributed by atoms with Crippen LogP contribution >= 0.6 is 23.2 Å². The maximum Gasteiger partial charge on any atom is 0.0595 e. The van der Waals surface area contributed by atoms with Gasteiger partial charge in [0.2, 0.25) is 0 Å². The van der Waals surface area contributed by atoms with E-state index in [1.165, 1.54) is 37.7 Å². The van der Waals surface area contributed by atoms with Crippen molar-refractivity contribution in [3.8, 4) is 0 Å². The molecule has 0 saturated heterocycles. The van der Waals surface area contributed by atoms with Crippen LogP contribution in [0, 0.1) is 5.41 Å². The first kappa shape index (κ1) is 16.1. The first-order valence-corrected chi connectivity index (χ1v) is 8.48. The first-order valence-electron chi connectivity index (χ1n) is 7.72. The molecule has 3 heteroatoms. The van der Waals surface area contributed by atoms with Crippen molar-refractivity contribution in [1.82, 2.24) is 5.32 Å². The molecule has 1 unspecified atom stereocenters. The summed E-state index contributed by atoms with van der Waals surface area (Å²) in [4.78, 5) is 0. The molecular formula is C17H25Cl2N. The van der Waals surface area contributed by atoms with Gasteiger partial charge in [-0.05, 0) is 48.9 Å². The molecule has 0 radical (unpaired) electrons. The molecule has 2 rings (SSSR count). The van der Waals surface area contributed by atoms with Crippen molar-refractivity contribution in [2.45, 2.75) is 58.4 Å². The van der Waals surface area contributed by atoms with Crippen molar-refractivity contribution in [2.24, 2.45) is 5.41 Å². The summed E-state index contributed by atoms with van der Waals surface area (Å²) in [5.74, 6) is 0. The van der Waals surface area contributed by atoms with Crippen LogP contribution in [0.15, 0.2) is 18.2 Å². The number of hydrogen-bond acceptors (Lipinski definition) is 1. The third kappa shape index (κ3) is 3.90. The van der Waals surface area contributed by atoms with Gasteiger partial charge < -0.3 is 5.32 Å². The normalized spacial score (nSPS) is 19.8. The Labute approximate surface area is 133 Å². The molecule has 0 spiro atoms. The van der Waals surface area contributed by atoms with Crippen molar-refractivity contribution >= 4 is 23.2 Å². The molecule has 1 saturated carbocycles. The lowest BCUT2D eigenvalue weighted by Gasteiger charge is -2.41. The fourth-order valence-electron chi connectivity index (χ4n) is 3.42. The number of hydrogen-bond donors (Lipinski definition) is 1. The smallest absolute Gasteiger partial charge is 0.0595 e. The standard InChI is InChI=1S/C17H25Cl2N/c1-3-20-16(17(2)9-5-4-6-10-17)12-13-7-8-14(18)15(19)11-13/h7-8,11,16,20H,3-6,9-10,12H2,1-2H3. The van der Waals surface area contributed by atoms with Crippen LogP contribution in [0.5, 0.6) is 0 Å². The minimum absolute atomic E-state index is 0.403. The molecule has 20 heavy (non-hydrogen) atoms. The van der Waals surface area contributed by atoms with E-state index in [0.717, 1.165) is 13.0 Å². The summed E-state index contributed by atoms with van der Waals surface area (Å²) in [6, 6.07) is 6.54. The van der Waals surface area contributed by atoms with Gasteiger partial charge in [-0.15, -0.1) is 0 Å². The van der Waals surface area contributed by atoms with E-state index in [-0.39, 0.29) is 0 Å². The highest BCUT2D eigenvalue weighted by molar-refractivity contribution is 6.42. The van der Waals surface area contributed by atoms with Gasteiger partial charge in [-0.2, -0.15) is 0 Å². The third-order valence-corrected chi connectivity index (χ3v) is 5.45. The molecule has 0 amide bonds. The number of likely N-dealkylation sites (N-methyl/N-ethyl adjacent to an activating group) is 1. The molecule has 1 aromatic rings. The van der Waals surface area contributed by atoms with Gasteiger partial charge in [0.15, 0.2) is 0 Å². The van der Waals surface area contributed by atoms with E-state index >= 15 is 0 Å². The summed E-state index contributed by atoms with van der Waals surface area (Å²) >= 11 is 12.1. The molecule has 0 heterocycles. The Bertz CT molecular complexity index is 439. The molecule has 0 aromatic heterocycles. The van der Waals surface area contributed by atoms with Gasteiger partial charge >= 0.3 is 0 Å². The van der Waals surface area contributed by atoms with Crippen molar-refractivity contribution in [3.63, 3.8) is 0 Å². The predicted molar refractivity (Wildman–Crippen MR) is 88.8 cm³/mol. The van der Waals surface area contributed by atoms with Crippen LogP contribution in [0.25, 0.3) is 0 Å². The molecule has 112 valence electrons. The molecule has 1 aromatic carbocycles. The lowest BCUT2D eigenvalue weighted by molar-refractivity contribution is 0.145. The maximum absolute atomic E-state index is 6.14. The summed E-state index contributed by atoms with van der Waals surface area (Å²) in [5, 5.41) is 5.00. The lowest BCUT2D eigenvalue weighted by atomic mass is 9.69. The predicted octanol–water partition coefficient (Wildman–Crippen LogP) is 5.48. The van der Waals surface area contributed by atoms with E-state index < -0.39 is 0 Å². The summed E-state index contributed by atoms with van der Waals surface area (Å²) < 4.78 is 0. The molecule has 1 nitrogen and oxygen atoms in total. The summed E-state index contributed by atoms with van der Waals surface area (Å²) in [5.41, 5.74) is 1.68. The highest BCUT2D eigenvalue weighted by atomic mass is 35.5. The van der Waals surface area contributed by atoms with Crippen molar-refractivity contribution < 1.29 is 0 Å². The SMILES string of the molecule is CCNC(Cc1ccc(Cl)c(Cl)c1)C1(C)CCCCC1. The zero-order valence-electron chi connectivity index (χ0n) is 12.5. The fourth-order valence-corrected chi connectivity index (χ4v) is 3.74. The lowest BCUT2D eigenvalue weighted by Crippen LogP contribution is -2.46. The summed E-state index contributed by atoms with van der Waals surface area (Å²) in [6.45, 7) is 5.65. The van der Waals surface area contributed by atoms with Crippen LogP contribution in [0.2, 0.25) is 10.0 Å². The molecule has 1 atom stereocenters. The van der Waals surface area contributed by atoms with Crippen LogP contribution in [0.3, 0.4) is 0 Å². The van der Waals surface area contributed by atoms with Crippen LogP contribution in [0.4, 0.5) is 0 Å². The second-order valence-electron chi connectivity index (χ2n) is 6.28. The Balaban J connectivity index is 2.13. The van der Waals surface area contributed by atoms with Gasteiger partial charge in [0.05, 0.1) is 10.0 Å². The number of rotatable bonds is 5. The van der Waals surface area contributed by atoms with E-state index in [0.29, 0.717) is 21.5 Å². The zero-order chi connectivity index (χ0) is 14.6. The molecule has 1 fully saturated rings. The van der Waals surface area contributed by atoms with E-state index in [2.05, 4.69) is 25.2 Å². The van der Waals surface area contributed by atoms with Gasteiger partial charge in [0, 0.05) is 6.04 Å². The summed E-state index contributed by atoms with van der Waals surface area (Å²) in [7, 11) is 0. The second-order valence-corrected chi connectivity index (χ2v) is 7.09.